The molecular formula is C18H18N4O2. The fourth-order valence-electron chi connectivity index (χ4n) is 2.50. The van der Waals surface area contributed by atoms with Gasteiger partial charge in [0.2, 0.25) is 0 Å². The minimum absolute atomic E-state index is 0.0823. The van der Waals surface area contributed by atoms with Gasteiger partial charge in [0, 0.05) is 18.3 Å². The largest absolute Gasteiger partial charge is 0.508 e. The summed E-state index contributed by atoms with van der Waals surface area (Å²) in [5.41, 5.74) is 2.37. The van der Waals surface area contributed by atoms with Crippen molar-refractivity contribution in [2.75, 3.05) is 7.05 Å². The number of carbonyl (C=O) groups excluding carboxylic acids is 1. The zero-order valence-electron chi connectivity index (χ0n) is 13.5. The SMILES string of the molecule is CC(c1cccc(O)c1)N(C)C(=O)c1ccc(-n2cnnc2)cc1. The number of nitrogens with zero attached hydrogens (tertiary/aromatic N) is 4. The zero-order chi connectivity index (χ0) is 17.1. The average molecular weight is 322 g/mol. The summed E-state index contributed by atoms with van der Waals surface area (Å²) in [7, 11) is 1.75. The molecule has 6 heteroatoms. The molecule has 0 saturated heterocycles. The van der Waals surface area contributed by atoms with Gasteiger partial charge in [-0.2, -0.15) is 0 Å². The van der Waals surface area contributed by atoms with Gasteiger partial charge < -0.3 is 10.0 Å². The normalized spacial score (nSPS) is 11.9. The lowest BCUT2D eigenvalue weighted by molar-refractivity contribution is 0.0742. The van der Waals surface area contributed by atoms with Crippen LogP contribution in [0.2, 0.25) is 0 Å². The highest BCUT2D eigenvalue weighted by Gasteiger charge is 2.19. The van der Waals surface area contributed by atoms with Gasteiger partial charge in [0.05, 0.1) is 6.04 Å². The molecule has 6 nitrogen and oxygen atoms in total. The lowest BCUT2D eigenvalue weighted by Crippen LogP contribution is -2.29. The number of amides is 1. The van der Waals surface area contributed by atoms with Gasteiger partial charge in [-0.25, -0.2) is 0 Å². The molecule has 3 rings (SSSR count). The molecule has 0 aliphatic heterocycles. The predicted octanol–water partition coefficient (Wildman–Crippen LogP) is 2.81. The van der Waals surface area contributed by atoms with Gasteiger partial charge in [0.15, 0.2) is 0 Å². The number of phenolic OH excluding ortho intramolecular Hbond substituents is 1. The maximum atomic E-state index is 12.7. The van der Waals surface area contributed by atoms with Crippen molar-refractivity contribution in [1.82, 2.24) is 19.7 Å². The summed E-state index contributed by atoms with van der Waals surface area (Å²) >= 11 is 0. The van der Waals surface area contributed by atoms with Gasteiger partial charge in [-0.1, -0.05) is 12.1 Å². The van der Waals surface area contributed by atoms with Crippen molar-refractivity contribution in [2.24, 2.45) is 0 Å². The van der Waals surface area contributed by atoms with Gasteiger partial charge in [0.1, 0.15) is 18.4 Å². The fraction of sp³-hybridized carbons (Fsp3) is 0.167. The molecule has 0 radical (unpaired) electrons. The van der Waals surface area contributed by atoms with Gasteiger partial charge in [-0.15, -0.1) is 10.2 Å². The Morgan fingerprint density at radius 1 is 1.12 bits per heavy atom. The molecule has 0 aliphatic carbocycles. The van der Waals surface area contributed by atoms with Crippen LogP contribution in [-0.4, -0.2) is 37.7 Å². The van der Waals surface area contributed by atoms with E-state index in [0.717, 1.165) is 11.3 Å². The molecule has 24 heavy (non-hydrogen) atoms. The second-order valence-corrected chi connectivity index (χ2v) is 5.60. The molecule has 1 heterocycles. The Kier molecular flexibility index (Phi) is 4.29. The van der Waals surface area contributed by atoms with Crippen LogP contribution < -0.4 is 0 Å². The molecule has 0 spiro atoms. The fourth-order valence-corrected chi connectivity index (χ4v) is 2.50. The molecule has 1 aromatic heterocycles. The van der Waals surface area contributed by atoms with Crippen molar-refractivity contribution in [3.8, 4) is 11.4 Å². The van der Waals surface area contributed by atoms with Crippen molar-refractivity contribution in [3.05, 3.63) is 72.3 Å². The molecule has 0 aliphatic rings. The van der Waals surface area contributed by atoms with E-state index in [0.29, 0.717) is 5.56 Å². The summed E-state index contributed by atoms with van der Waals surface area (Å²) in [6.45, 7) is 1.93. The molecular weight excluding hydrogens is 304 g/mol. The quantitative estimate of drug-likeness (QED) is 0.802. The highest BCUT2D eigenvalue weighted by molar-refractivity contribution is 5.94. The summed E-state index contributed by atoms with van der Waals surface area (Å²) in [5, 5.41) is 17.1. The van der Waals surface area contributed by atoms with E-state index >= 15 is 0 Å². The number of phenols is 1. The van der Waals surface area contributed by atoms with Crippen molar-refractivity contribution in [2.45, 2.75) is 13.0 Å². The Labute approximate surface area is 140 Å². The first-order valence-electron chi connectivity index (χ1n) is 7.57. The van der Waals surface area contributed by atoms with Crippen LogP contribution in [0.15, 0.2) is 61.2 Å². The van der Waals surface area contributed by atoms with E-state index in [9.17, 15) is 9.90 Å². The molecule has 1 unspecified atom stereocenters. The summed E-state index contributed by atoms with van der Waals surface area (Å²) in [6.07, 6.45) is 3.21. The molecule has 0 bridgehead atoms. The molecule has 0 saturated carbocycles. The lowest BCUT2D eigenvalue weighted by atomic mass is 10.1. The first-order valence-corrected chi connectivity index (χ1v) is 7.57. The lowest BCUT2D eigenvalue weighted by Gasteiger charge is -2.25. The summed E-state index contributed by atoms with van der Waals surface area (Å²) < 4.78 is 1.77. The van der Waals surface area contributed by atoms with Crippen molar-refractivity contribution >= 4 is 5.91 Å². The highest BCUT2D eigenvalue weighted by Crippen LogP contribution is 2.24. The van der Waals surface area contributed by atoms with Crippen molar-refractivity contribution < 1.29 is 9.90 Å². The Bertz CT molecular complexity index is 828. The minimum Gasteiger partial charge on any atom is -0.508 e. The molecule has 0 fully saturated rings. The second-order valence-electron chi connectivity index (χ2n) is 5.60. The monoisotopic (exact) mass is 322 g/mol. The molecule has 1 amide bonds. The number of aromatic nitrogens is 3. The number of rotatable bonds is 4. The van der Waals surface area contributed by atoms with E-state index in [1.54, 1.807) is 59.5 Å². The Hall–Kier alpha value is -3.15. The second kappa shape index (κ2) is 6.54. The van der Waals surface area contributed by atoms with Crippen molar-refractivity contribution in [1.29, 1.82) is 0 Å². The van der Waals surface area contributed by atoms with E-state index in [4.69, 9.17) is 0 Å². The number of carbonyl (C=O) groups is 1. The van der Waals surface area contributed by atoms with E-state index in [1.165, 1.54) is 0 Å². The Balaban J connectivity index is 1.78. The van der Waals surface area contributed by atoms with E-state index in [-0.39, 0.29) is 17.7 Å². The number of hydrogen-bond donors (Lipinski definition) is 1. The molecule has 3 aromatic rings. The van der Waals surface area contributed by atoms with Gasteiger partial charge in [-0.3, -0.25) is 9.36 Å². The van der Waals surface area contributed by atoms with Gasteiger partial charge in [-0.05, 0) is 48.9 Å². The van der Waals surface area contributed by atoms with Gasteiger partial charge in [0.25, 0.3) is 5.91 Å². The van der Waals surface area contributed by atoms with Crippen molar-refractivity contribution in [3.63, 3.8) is 0 Å². The van der Waals surface area contributed by atoms with Crippen LogP contribution in [0.25, 0.3) is 5.69 Å². The third-order valence-electron chi connectivity index (χ3n) is 4.09. The minimum atomic E-state index is -0.151. The molecule has 2 aromatic carbocycles. The van der Waals surface area contributed by atoms with Crippen LogP contribution in [0.3, 0.4) is 0 Å². The highest BCUT2D eigenvalue weighted by atomic mass is 16.3. The smallest absolute Gasteiger partial charge is 0.254 e. The molecule has 1 atom stereocenters. The van der Waals surface area contributed by atoms with E-state index < -0.39 is 0 Å². The number of benzene rings is 2. The summed E-state index contributed by atoms with van der Waals surface area (Å²) in [4.78, 5) is 14.3. The van der Waals surface area contributed by atoms with Crippen LogP contribution >= 0.6 is 0 Å². The Morgan fingerprint density at radius 3 is 2.42 bits per heavy atom. The van der Waals surface area contributed by atoms with Crippen LogP contribution in [0, 0.1) is 0 Å². The number of hydrogen-bond acceptors (Lipinski definition) is 4. The van der Waals surface area contributed by atoms with Crippen LogP contribution in [0.5, 0.6) is 5.75 Å². The summed E-state index contributed by atoms with van der Waals surface area (Å²) in [5.74, 6) is 0.111. The molecule has 122 valence electrons. The average Bonchev–Trinajstić information content (AvgIpc) is 3.14. The Morgan fingerprint density at radius 2 is 1.79 bits per heavy atom. The zero-order valence-corrected chi connectivity index (χ0v) is 13.5. The predicted molar refractivity (Wildman–Crippen MR) is 90.0 cm³/mol. The van der Waals surface area contributed by atoms with Gasteiger partial charge >= 0.3 is 0 Å². The number of aromatic hydroxyl groups is 1. The van der Waals surface area contributed by atoms with Crippen LogP contribution in [0.4, 0.5) is 0 Å². The van der Waals surface area contributed by atoms with E-state index in [2.05, 4.69) is 10.2 Å². The van der Waals surface area contributed by atoms with Crippen LogP contribution in [-0.2, 0) is 0 Å². The first-order chi connectivity index (χ1) is 11.6. The van der Waals surface area contributed by atoms with E-state index in [1.807, 2.05) is 25.1 Å². The summed E-state index contributed by atoms with van der Waals surface area (Å²) in [6, 6.07) is 14.1. The third-order valence-corrected chi connectivity index (χ3v) is 4.09. The first kappa shape index (κ1) is 15.7. The maximum Gasteiger partial charge on any atom is 0.254 e. The maximum absolute atomic E-state index is 12.7. The molecule has 1 N–H and O–H groups in total. The third kappa shape index (κ3) is 3.12. The standard InChI is InChI=1S/C18H18N4O2/c1-13(15-4-3-5-17(23)10-15)21(2)18(24)14-6-8-16(9-7-14)22-11-19-20-12-22/h3-13,23H,1-2H3. The van der Waals surface area contributed by atoms with Crippen LogP contribution in [0.1, 0.15) is 28.9 Å². The topological polar surface area (TPSA) is 71.2 Å².